The van der Waals surface area contributed by atoms with Gasteiger partial charge in [-0.15, -0.1) is 0 Å². The van der Waals surface area contributed by atoms with E-state index < -0.39 is 11.0 Å². The van der Waals surface area contributed by atoms with Gasteiger partial charge in [-0.3, -0.25) is 4.98 Å². The number of halogens is 1. The molecule has 0 spiro atoms. The van der Waals surface area contributed by atoms with Gasteiger partial charge in [-0.25, -0.2) is 27.9 Å². The predicted molar refractivity (Wildman–Crippen MR) is 127 cm³/mol. The molecule has 10 heteroatoms. The monoisotopic (exact) mass is 467 g/mol. The van der Waals surface area contributed by atoms with Crippen LogP contribution in [0.5, 0.6) is 0 Å². The molecule has 0 N–H and O–H groups in total. The molecule has 33 heavy (non-hydrogen) atoms. The standard InChI is InChI=1S/C23H26FN7OS/c1-16-18-15-26-23(20-5-3-4-7-25-20)27-19(18)6-8-31(16)22-14-17(24)13-21(28-22)29-9-11-30(12-10-29)33(2)32/h3-5,7,13-16H,6,8-12H2,1-2H3. The van der Waals surface area contributed by atoms with E-state index >= 15 is 0 Å². The van der Waals surface area contributed by atoms with Crippen LogP contribution in [0.3, 0.4) is 0 Å². The Morgan fingerprint density at radius 1 is 1.03 bits per heavy atom. The van der Waals surface area contributed by atoms with Crippen LogP contribution in [0, 0.1) is 5.82 Å². The summed E-state index contributed by atoms with van der Waals surface area (Å²) in [6.07, 6.45) is 5.99. The number of rotatable bonds is 4. The summed E-state index contributed by atoms with van der Waals surface area (Å²) in [5.41, 5.74) is 2.76. The number of fused-ring (bicyclic) bond motifs is 1. The molecular weight excluding hydrogens is 441 g/mol. The fraction of sp³-hybridized carbons (Fsp3) is 0.391. The largest absolute Gasteiger partial charge is 0.354 e. The Balaban J connectivity index is 1.38. The van der Waals surface area contributed by atoms with E-state index in [1.165, 1.54) is 12.1 Å². The second kappa shape index (κ2) is 9.11. The van der Waals surface area contributed by atoms with Crippen molar-refractivity contribution in [2.75, 3.05) is 48.8 Å². The van der Waals surface area contributed by atoms with E-state index in [-0.39, 0.29) is 11.9 Å². The molecular formula is C23H26FN7OS. The summed E-state index contributed by atoms with van der Waals surface area (Å²) < 4.78 is 28.3. The van der Waals surface area contributed by atoms with Crippen molar-refractivity contribution in [1.82, 2.24) is 24.2 Å². The normalized spacial score (nSPS) is 19.9. The number of hydrogen-bond acceptors (Lipinski definition) is 7. The highest BCUT2D eigenvalue weighted by Crippen LogP contribution is 2.33. The Bertz CT molecular complexity index is 1170. The molecule has 5 rings (SSSR count). The van der Waals surface area contributed by atoms with Gasteiger partial charge in [0.2, 0.25) is 0 Å². The summed E-state index contributed by atoms with van der Waals surface area (Å²) in [7, 11) is -0.988. The minimum Gasteiger partial charge on any atom is -0.354 e. The minimum absolute atomic E-state index is 0.0342. The smallest absolute Gasteiger partial charge is 0.178 e. The van der Waals surface area contributed by atoms with Crippen LogP contribution in [0.2, 0.25) is 0 Å². The summed E-state index contributed by atoms with van der Waals surface area (Å²) in [5, 5.41) is 0. The van der Waals surface area contributed by atoms with Gasteiger partial charge in [0.05, 0.1) is 22.7 Å². The third kappa shape index (κ3) is 4.45. The highest BCUT2D eigenvalue weighted by Gasteiger charge is 2.28. The van der Waals surface area contributed by atoms with Crippen molar-refractivity contribution < 1.29 is 8.60 Å². The number of nitrogens with zero attached hydrogens (tertiary/aromatic N) is 7. The molecule has 2 aliphatic heterocycles. The van der Waals surface area contributed by atoms with Crippen LogP contribution in [-0.2, 0) is 17.4 Å². The average molecular weight is 468 g/mol. The first kappa shape index (κ1) is 21.8. The van der Waals surface area contributed by atoms with Crippen LogP contribution in [0.4, 0.5) is 16.0 Å². The van der Waals surface area contributed by atoms with Crippen molar-refractivity contribution >= 4 is 22.6 Å². The molecule has 3 aromatic rings. The topological polar surface area (TPSA) is 78.4 Å². The molecule has 0 amide bonds. The summed E-state index contributed by atoms with van der Waals surface area (Å²) in [4.78, 5) is 22.6. The first-order chi connectivity index (χ1) is 16.0. The van der Waals surface area contributed by atoms with E-state index in [1.807, 2.05) is 28.7 Å². The lowest BCUT2D eigenvalue weighted by Gasteiger charge is -2.37. The van der Waals surface area contributed by atoms with Crippen molar-refractivity contribution in [3.05, 3.63) is 59.8 Å². The summed E-state index contributed by atoms with van der Waals surface area (Å²) >= 11 is 0. The summed E-state index contributed by atoms with van der Waals surface area (Å²) in [5.74, 6) is 1.54. The highest BCUT2D eigenvalue weighted by atomic mass is 32.2. The predicted octanol–water partition coefficient (Wildman–Crippen LogP) is 2.61. The summed E-state index contributed by atoms with van der Waals surface area (Å²) in [6.45, 7) is 5.42. The first-order valence-corrected chi connectivity index (χ1v) is 12.6. The van der Waals surface area contributed by atoms with Gasteiger partial charge < -0.3 is 9.80 Å². The lowest BCUT2D eigenvalue weighted by molar-refractivity contribution is 0.410. The van der Waals surface area contributed by atoms with Crippen LogP contribution in [0.25, 0.3) is 11.5 Å². The first-order valence-electron chi connectivity index (χ1n) is 11.0. The number of piperazine rings is 1. The maximum atomic E-state index is 14.6. The Morgan fingerprint density at radius 2 is 1.82 bits per heavy atom. The van der Waals surface area contributed by atoms with E-state index in [9.17, 15) is 8.60 Å². The summed E-state index contributed by atoms with van der Waals surface area (Å²) in [6, 6.07) is 8.62. The number of pyridine rings is 2. The van der Waals surface area contributed by atoms with Crippen LogP contribution in [-0.4, -0.2) is 67.4 Å². The molecule has 1 saturated heterocycles. The molecule has 2 aliphatic rings. The molecule has 8 nitrogen and oxygen atoms in total. The Labute approximate surface area is 195 Å². The Kier molecular flexibility index (Phi) is 6.03. The van der Waals surface area contributed by atoms with Crippen molar-refractivity contribution in [2.24, 2.45) is 0 Å². The molecule has 0 bridgehead atoms. The van der Waals surface area contributed by atoms with Crippen molar-refractivity contribution in [2.45, 2.75) is 19.4 Å². The van der Waals surface area contributed by atoms with E-state index in [2.05, 4.69) is 26.7 Å². The zero-order chi connectivity index (χ0) is 22.9. The van der Waals surface area contributed by atoms with Crippen molar-refractivity contribution in [3.63, 3.8) is 0 Å². The quantitative estimate of drug-likeness (QED) is 0.584. The Morgan fingerprint density at radius 3 is 2.55 bits per heavy atom. The Hall–Kier alpha value is -2.98. The lowest BCUT2D eigenvalue weighted by atomic mass is 9.99. The zero-order valence-corrected chi connectivity index (χ0v) is 19.5. The molecule has 172 valence electrons. The van der Waals surface area contributed by atoms with E-state index in [4.69, 9.17) is 9.97 Å². The second-order valence-corrected chi connectivity index (χ2v) is 9.64. The van der Waals surface area contributed by atoms with Gasteiger partial charge in [-0.2, -0.15) is 0 Å². The maximum absolute atomic E-state index is 14.6. The molecule has 0 aromatic carbocycles. The van der Waals surface area contributed by atoms with Crippen LogP contribution in [0.15, 0.2) is 42.7 Å². The second-order valence-electron chi connectivity index (χ2n) is 8.27. The molecule has 1 fully saturated rings. The molecule has 2 atom stereocenters. The molecule has 0 saturated carbocycles. The van der Waals surface area contributed by atoms with Gasteiger partial charge in [0.1, 0.15) is 23.1 Å². The third-order valence-electron chi connectivity index (χ3n) is 6.28. The van der Waals surface area contributed by atoms with Crippen LogP contribution < -0.4 is 9.80 Å². The SMILES string of the molecule is CC1c2cnc(-c3ccccn3)nc2CCN1c1cc(F)cc(N2CCN(S(C)=O)CC2)n1. The number of anilines is 2. The van der Waals surface area contributed by atoms with Crippen molar-refractivity contribution in [3.8, 4) is 11.5 Å². The van der Waals surface area contributed by atoms with Gasteiger partial charge in [-0.1, -0.05) is 6.07 Å². The molecule has 5 heterocycles. The zero-order valence-electron chi connectivity index (χ0n) is 18.7. The number of aromatic nitrogens is 4. The third-order valence-corrected chi connectivity index (χ3v) is 7.38. The van der Waals surface area contributed by atoms with E-state index in [0.717, 1.165) is 23.4 Å². The molecule has 3 aromatic heterocycles. The van der Waals surface area contributed by atoms with Crippen LogP contribution >= 0.6 is 0 Å². The fourth-order valence-corrected chi connectivity index (χ4v) is 5.13. The minimum atomic E-state index is -0.988. The lowest BCUT2D eigenvalue weighted by Crippen LogP contribution is -2.47. The van der Waals surface area contributed by atoms with Gasteiger partial charge >= 0.3 is 0 Å². The van der Waals surface area contributed by atoms with E-state index in [1.54, 1.807) is 12.5 Å². The fourth-order valence-electron chi connectivity index (χ4n) is 4.45. The molecule has 2 unspecified atom stereocenters. The van der Waals surface area contributed by atoms with Gasteiger partial charge in [0.15, 0.2) is 5.82 Å². The van der Waals surface area contributed by atoms with Gasteiger partial charge in [0, 0.05) is 75.5 Å². The molecule has 0 aliphatic carbocycles. The van der Waals surface area contributed by atoms with Gasteiger partial charge in [0.25, 0.3) is 0 Å². The van der Waals surface area contributed by atoms with Crippen LogP contribution in [0.1, 0.15) is 24.2 Å². The number of hydrogen-bond donors (Lipinski definition) is 0. The maximum Gasteiger partial charge on any atom is 0.178 e. The van der Waals surface area contributed by atoms with Crippen molar-refractivity contribution in [1.29, 1.82) is 0 Å². The average Bonchev–Trinajstić information content (AvgIpc) is 2.84. The highest BCUT2D eigenvalue weighted by molar-refractivity contribution is 7.81. The van der Waals surface area contributed by atoms with E-state index in [0.29, 0.717) is 50.2 Å². The van der Waals surface area contributed by atoms with Gasteiger partial charge in [-0.05, 0) is 19.1 Å². The molecule has 0 radical (unpaired) electrons.